The summed E-state index contributed by atoms with van der Waals surface area (Å²) in [6, 6.07) is -0.0567. The molecule has 0 radical (unpaired) electrons. The summed E-state index contributed by atoms with van der Waals surface area (Å²) in [6.07, 6.45) is 0.990. The molecule has 0 aromatic heterocycles. The van der Waals surface area contributed by atoms with Crippen LogP contribution >= 0.6 is 0 Å². The SMILES string of the molecule is CCNC(CN1C(=O)CN(C)C1=O)C1CCOC1. The van der Waals surface area contributed by atoms with E-state index in [1.165, 1.54) is 9.80 Å². The highest BCUT2D eigenvalue weighted by atomic mass is 16.5. The number of urea groups is 1. The number of nitrogens with zero attached hydrogens (tertiary/aromatic N) is 2. The van der Waals surface area contributed by atoms with E-state index in [1.807, 2.05) is 6.92 Å². The Bertz CT molecular complexity index is 329. The summed E-state index contributed by atoms with van der Waals surface area (Å²) in [5.74, 6) is 0.278. The first kappa shape index (κ1) is 13.3. The van der Waals surface area contributed by atoms with E-state index < -0.39 is 0 Å². The molecule has 0 aromatic carbocycles. The first-order valence-electron chi connectivity index (χ1n) is 6.50. The van der Waals surface area contributed by atoms with Crippen LogP contribution in [0.5, 0.6) is 0 Å². The van der Waals surface area contributed by atoms with Crippen molar-refractivity contribution in [3.8, 4) is 0 Å². The Morgan fingerprint density at radius 1 is 1.50 bits per heavy atom. The maximum absolute atomic E-state index is 11.8. The summed E-state index contributed by atoms with van der Waals surface area (Å²) in [6.45, 7) is 4.98. The fraction of sp³-hybridized carbons (Fsp3) is 0.833. The molecule has 18 heavy (non-hydrogen) atoms. The molecule has 0 bridgehead atoms. The van der Waals surface area contributed by atoms with Gasteiger partial charge < -0.3 is 15.0 Å². The zero-order valence-corrected chi connectivity index (χ0v) is 11.0. The Balaban J connectivity index is 1.99. The van der Waals surface area contributed by atoms with Crippen molar-refractivity contribution in [1.82, 2.24) is 15.1 Å². The molecule has 2 aliphatic heterocycles. The first-order valence-corrected chi connectivity index (χ1v) is 6.50. The second-order valence-corrected chi connectivity index (χ2v) is 4.93. The molecule has 0 saturated carbocycles. The van der Waals surface area contributed by atoms with Gasteiger partial charge in [-0.3, -0.25) is 9.69 Å². The van der Waals surface area contributed by atoms with Crippen LogP contribution in [0.15, 0.2) is 0 Å². The summed E-state index contributed by atoms with van der Waals surface area (Å²) in [4.78, 5) is 26.4. The first-order chi connectivity index (χ1) is 8.63. The van der Waals surface area contributed by atoms with E-state index in [0.717, 1.165) is 19.6 Å². The van der Waals surface area contributed by atoms with Gasteiger partial charge in [0.15, 0.2) is 0 Å². The van der Waals surface area contributed by atoms with Gasteiger partial charge in [0.25, 0.3) is 0 Å². The minimum absolute atomic E-state index is 0.107. The standard InChI is InChI=1S/C12H21N3O3/c1-3-13-10(9-4-5-18-8-9)6-15-11(16)7-14(2)12(15)17/h9-10,13H,3-8H2,1-2H3. The van der Waals surface area contributed by atoms with Gasteiger partial charge in [0, 0.05) is 32.2 Å². The van der Waals surface area contributed by atoms with Crippen LogP contribution in [0.1, 0.15) is 13.3 Å². The van der Waals surface area contributed by atoms with Gasteiger partial charge in [-0.25, -0.2) is 4.79 Å². The van der Waals surface area contributed by atoms with E-state index in [1.54, 1.807) is 7.05 Å². The lowest BCUT2D eigenvalue weighted by Crippen LogP contribution is -2.48. The zero-order chi connectivity index (χ0) is 13.1. The molecule has 6 nitrogen and oxygen atoms in total. The monoisotopic (exact) mass is 255 g/mol. The van der Waals surface area contributed by atoms with E-state index >= 15 is 0 Å². The number of carbonyl (C=O) groups is 2. The molecule has 1 N–H and O–H groups in total. The molecule has 2 saturated heterocycles. The molecule has 2 aliphatic rings. The average molecular weight is 255 g/mol. The number of nitrogens with one attached hydrogen (secondary N) is 1. The number of hydrogen-bond donors (Lipinski definition) is 1. The lowest BCUT2D eigenvalue weighted by molar-refractivity contribution is -0.125. The van der Waals surface area contributed by atoms with Crippen LogP contribution in [0.25, 0.3) is 0 Å². The summed E-state index contributed by atoms with van der Waals surface area (Å²) < 4.78 is 5.38. The van der Waals surface area contributed by atoms with Gasteiger partial charge >= 0.3 is 6.03 Å². The van der Waals surface area contributed by atoms with E-state index in [0.29, 0.717) is 19.1 Å². The number of rotatable bonds is 5. The highest BCUT2D eigenvalue weighted by molar-refractivity contribution is 6.01. The Morgan fingerprint density at radius 3 is 2.78 bits per heavy atom. The number of hydrogen-bond acceptors (Lipinski definition) is 4. The van der Waals surface area contributed by atoms with Crippen molar-refractivity contribution in [3.05, 3.63) is 0 Å². The Kier molecular flexibility index (Phi) is 4.19. The number of ether oxygens (including phenoxy) is 1. The molecule has 102 valence electrons. The van der Waals surface area contributed by atoms with Crippen LogP contribution in [0.4, 0.5) is 4.79 Å². The van der Waals surface area contributed by atoms with Crippen molar-refractivity contribution in [3.63, 3.8) is 0 Å². The zero-order valence-electron chi connectivity index (χ0n) is 11.0. The third-order valence-corrected chi connectivity index (χ3v) is 3.61. The van der Waals surface area contributed by atoms with Gasteiger partial charge in [0.05, 0.1) is 6.61 Å². The third kappa shape index (κ3) is 2.64. The van der Waals surface area contributed by atoms with Crippen molar-refractivity contribution < 1.29 is 14.3 Å². The number of amides is 3. The molecule has 0 aromatic rings. The van der Waals surface area contributed by atoms with E-state index in [9.17, 15) is 9.59 Å². The molecule has 2 heterocycles. The van der Waals surface area contributed by atoms with Crippen molar-refractivity contribution >= 4 is 11.9 Å². The summed E-state index contributed by atoms with van der Waals surface area (Å²) in [5, 5.41) is 3.36. The van der Waals surface area contributed by atoms with E-state index in [4.69, 9.17) is 4.74 Å². The van der Waals surface area contributed by atoms with Crippen molar-refractivity contribution in [2.24, 2.45) is 5.92 Å². The molecule has 0 aliphatic carbocycles. The Labute approximate surface area is 107 Å². The van der Waals surface area contributed by atoms with Crippen molar-refractivity contribution in [2.45, 2.75) is 19.4 Å². The molecule has 6 heteroatoms. The van der Waals surface area contributed by atoms with Crippen LogP contribution in [-0.2, 0) is 9.53 Å². The average Bonchev–Trinajstić information content (AvgIpc) is 2.93. The maximum atomic E-state index is 11.8. The number of carbonyl (C=O) groups excluding carboxylic acids is 2. The molecule has 2 atom stereocenters. The highest BCUT2D eigenvalue weighted by Gasteiger charge is 2.37. The van der Waals surface area contributed by atoms with Crippen molar-refractivity contribution in [1.29, 1.82) is 0 Å². The molecular formula is C12H21N3O3. The molecular weight excluding hydrogens is 234 g/mol. The predicted octanol–water partition coefficient (Wildman–Crippen LogP) is -0.105. The maximum Gasteiger partial charge on any atom is 0.327 e. The highest BCUT2D eigenvalue weighted by Crippen LogP contribution is 2.19. The Hall–Kier alpha value is -1.14. The van der Waals surface area contributed by atoms with Crippen LogP contribution < -0.4 is 5.32 Å². The summed E-state index contributed by atoms with van der Waals surface area (Å²) in [5.41, 5.74) is 0. The minimum atomic E-state index is -0.193. The molecule has 2 rings (SSSR count). The van der Waals surface area contributed by atoms with Gasteiger partial charge in [-0.1, -0.05) is 6.92 Å². The van der Waals surface area contributed by atoms with Crippen LogP contribution in [0, 0.1) is 5.92 Å². The van der Waals surface area contributed by atoms with Gasteiger partial charge in [-0.15, -0.1) is 0 Å². The van der Waals surface area contributed by atoms with E-state index in [-0.39, 0.29) is 24.5 Å². The van der Waals surface area contributed by atoms with E-state index in [2.05, 4.69) is 5.32 Å². The van der Waals surface area contributed by atoms with Crippen LogP contribution in [-0.4, -0.2) is 67.7 Å². The number of likely N-dealkylation sites (N-methyl/N-ethyl adjacent to an activating group) is 2. The van der Waals surface area contributed by atoms with Crippen LogP contribution in [0.3, 0.4) is 0 Å². The normalized spacial score (nSPS) is 26.2. The second kappa shape index (κ2) is 5.67. The topological polar surface area (TPSA) is 61.9 Å². The molecule has 2 fully saturated rings. The fourth-order valence-corrected chi connectivity index (χ4v) is 2.56. The fourth-order valence-electron chi connectivity index (χ4n) is 2.56. The lowest BCUT2D eigenvalue weighted by Gasteiger charge is -2.27. The van der Waals surface area contributed by atoms with Gasteiger partial charge in [0.2, 0.25) is 5.91 Å². The summed E-state index contributed by atoms with van der Waals surface area (Å²) in [7, 11) is 1.65. The summed E-state index contributed by atoms with van der Waals surface area (Å²) >= 11 is 0. The Morgan fingerprint density at radius 2 is 2.28 bits per heavy atom. The lowest BCUT2D eigenvalue weighted by atomic mass is 9.98. The predicted molar refractivity (Wildman–Crippen MR) is 66.1 cm³/mol. The largest absolute Gasteiger partial charge is 0.381 e. The smallest absolute Gasteiger partial charge is 0.327 e. The molecule has 3 amide bonds. The van der Waals surface area contributed by atoms with Crippen molar-refractivity contribution in [2.75, 3.05) is 39.9 Å². The van der Waals surface area contributed by atoms with Gasteiger partial charge in [0.1, 0.15) is 6.54 Å². The number of imide groups is 1. The quantitative estimate of drug-likeness (QED) is 0.697. The third-order valence-electron chi connectivity index (χ3n) is 3.61. The minimum Gasteiger partial charge on any atom is -0.381 e. The van der Waals surface area contributed by atoms with Gasteiger partial charge in [-0.05, 0) is 13.0 Å². The van der Waals surface area contributed by atoms with Crippen LogP contribution in [0.2, 0.25) is 0 Å². The molecule has 2 unspecified atom stereocenters. The second-order valence-electron chi connectivity index (χ2n) is 4.93. The molecule has 0 spiro atoms. The van der Waals surface area contributed by atoms with Gasteiger partial charge in [-0.2, -0.15) is 0 Å².